The van der Waals surface area contributed by atoms with Crippen LogP contribution in [0, 0.1) is 0 Å². The van der Waals surface area contributed by atoms with Crippen LogP contribution in [-0.2, 0) is 20.3 Å². The summed E-state index contributed by atoms with van der Waals surface area (Å²) in [5.41, 5.74) is 0.751. The van der Waals surface area contributed by atoms with E-state index < -0.39 is 22.0 Å². The standard InChI is InChI=1S/C12H16O3S/c1-3-15-12(13)11(16(14)4-2)10-8-6-5-7-9-10/h5-9,11H,3-4H2,1-2H3. The Balaban J connectivity index is 2.97. The van der Waals surface area contributed by atoms with Crippen molar-refractivity contribution >= 4 is 16.8 Å². The van der Waals surface area contributed by atoms with Crippen molar-refractivity contribution in [1.29, 1.82) is 0 Å². The zero-order valence-electron chi connectivity index (χ0n) is 9.51. The van der Waals surface area contributed by atoms with E-state index in [1.165, 1.54) is 0 Å². The van der Waals surface area contributed by atoms with Gasteiger partial charge in [-0.1, -0.05) is 37.3 Å². The van der Waals surface area contributed by atoms with E-state index in [2.05, 4.69) is 0 Å². The molecule has 0 bridgehead atoms. The van der Waals surface area contributed by atoms with E-state index in [1.807, 2.05) is 18.2 Å². The Morgan fingerprint density at radius 3 is 2.44 bits per heavy atom. The first-order chi connectivity index (χ1) is 7.70. The van der Waals surface area contributed by atoms with Crippen LogP contribution in [0.25, 0.3) is 0 Å². The summed E-state index contributed by atoms with van der Waals surface area (Å²) < 4.78 is 16.8. The highest BCUT2D eigenvalue weighted by atomic mass is 32.2. The lowest BCUT2D eigenvalue weighted by Crippen LogP contribution is -2.21. The normalized spacial score (nSPS) is 14.1. The van der Waals surface area contributed by atoms with Crippen LogP contribution >= 0.6 is 0 Å². The number of hydrogen-bond acceptors (Lipinski definition) is 3. The Labute approximate surface area is 98.3 Å². The number of esters is 1. The van der Waals surface area contributed by atoms with Gasteiger partial charge in [0.1, 0.15) is 0 Å². The van der Waals surface area contributed by atoms with Gasteiger partial charge in [0.05, 0.1) is 6.61 Å². The van der Waals surface area contributed by atoms with Gasteiger partial charge in [0.25, 0.3) is 0 Å². The third-order valence-electron chi connectivity index (χ3n) is 2.15. The van der Waals surface area contributed by atoms with Crippen LogP contribution in [0.15, 0.2) is 30.3 Å². The highest BCUT2D eigenvalue weighted by Gasteiger charge is 2.26. The van der Waals surface area contributed by atoms with Crippen LogP contribution in [0.5, 0.6) is 0 Å². The average molecular weight is 240 g/mol. The number of rotatable bonds is 5. The van der Waals surface area contributed by atoms with Crippen molar-refractivity contribution in [3.8, 4) is 0 Å². The van der Waals surface area contributed by atoms with Crippen molar-refractivity contribution in [2.24, 2.45) is 0 Å². The fourth-order valence-electron chi connectivity index (χ4n) is 1.41. The second-order valence-electron chi connectivity index (χ2n) is 3.21. The number of carbonyl (C=O) groups is 1. The Bertz CT molecular complexity index is 362. The van der Waals surface area contributed by atoms with E-state index in [0.717, 1.165) is 5.56 Å². The lowest BCUT2D eigenvalue weighted by atomic mass is 10.1. The Kier molecular flexibility index (Phi) is 5.19. The van der Waals surface area contributed by atoms with E-state index in [4.69, 9.17) is 4.74 Å². The first-order valence-corrected chi connectivity index (χ1v) is 6.67. The molecule has 3 nitrogen and oxygen atoms in total. The van der Waals surface area contributed by atoms with E-state index in [0.29, 0.717) is 12.4 Å². The maximum atomic E-state index is 11.8. The van der Waals surface area contributed by atoms with Gasteiger partial charge in [0.2, 0.25) is 0 Å². The number of carbonyl (C=O) groups excluding carboxylic acids is 1. The fraction of sp³-hybridized carbons (Fsp3) is 0.417. The van der Waals surface area contributed by atoms with Gasteiger partial charge in [-0.05, 0) is 12.5 Å². The molecule has 0 amide bonds. The summed E-state index contributed by atoms with van der Waals surface area (Å²) in [6, 6.07) is 9.12. The molecular weight excluding hydrogens is 224 g/mol. The first kappa shape index (κ1) is 12.9. The third-order valence-corrected chi connectivity index (χ3v) is 3.71. The molecule has 16 heavy (non-hydrogen) atoms. The minimum atomic E-state index is -1.22. The quantitative estimate of drug-likeness (QED) is 0.740. The molecule has 0 fully saturated rings. The minimum absolute atomic E-state index is 0.309. The largest absolute Gasteiger partial charge is 0.465 e. The summed E-state index contributed by atoms with van der Waals surface area (Å²) in [6.45, 7) is 3.85. The van der Waals surface area contributed by atoms with Crippen molar-refractivity contribution in [1.82, 2.24) is 0 Å². The van der Waals surface area contributed by atoms with Gasteiger partial charge in [-0.15, -0.1) is 0 Å². The zero-order chi connectivity index (χ0) is 12.0. The molecule has 2 unspecified atom stereocenters. The second-order valence-corrected chi connectivity index (χ2v) is 5.02. The van der Waals surface area contributed by atoms with Gasteiger partial charge in [-0.2, -0.15) is 0 Å². The molecule has 1 rings (SSSR count). The lowest BCUT2D eigenvalue weighted by molar-refractivity contribution is -0.142. The third kappa shape index (κ3) is 3.17. The molecular formula is C12H16O3S. The summed E-state index contributed by atoms with van der Waals surface area (Å²) in [5, 5.41) is -0.661. The Morgan fingerprint density at radius 1 is 1.31 bits per heavy atom. The molecule has 0 aliphatic rings. The number of ether oxygens (including phenoxy) is 1. The molecule has 0 aliphatic heterocycles. The van der Waals surface area contributed by atoms with Crippen LogP contribution in [0.3, 0.4) is 0 Å². The van der Waals surface area contributed by atoms with Crippen molar-refractivity contribution in [3.05, 3.63) is 35.9 Å². The molecule has 0 aromatic heterocycles. The molecule has 0 heterocycles. The number of hydrogen-bond donors (Lipinski definition) is 0. The molecule has 1 aromatic carbocycles. The zero-order valence-corrected chi connectivity index (χ0v) is 10.3. The highest BCUT2D eigenvalue weighted by Crippen LogP contribution is 2.21. The summed E-state index contributed by atoms with van der Waals surface area (Å²) in [7, 11) is -1.22. The molecule has 4 heteroatoms. The van der Waals surface area contributed by atoms with Crippen molar-refractivity contribution in [3.63, 3.8) is 0 Å². The highest BCUT2D eigenvalue weighted by molar-refractivity contribution is 7.86. The van der Waals surface area contributed by atoms with E-state index in [-0.39, 0.29) is 0 Å². The maximum Gasteiger partial charge on any atom is 0.326 e. The minimum Gasteiger partial charge on any atom is -0.465 e. The molecule has 0 saturated heterocycles. The summed E-state index contributed by atoms with van der Waals surface area (Å²) in [6.07, 6.45) is 0. The van der Waals surface area contributed by atoms with Gasteiger partial charge in [0.15, 0.2) is 5.25 Å². The first-order valence-electron chi connectivity index (χ1n) is 5.29. The smallest absolute Gasteiger partial charge is 0.326 e. The Hall–Kier alpha value is -1.16. The molecule has 88 valence electrons. The van der Waals surface area contributed by atoms with Crippen molar-refractivity contribution in [2.75, 3.05) is 12.4 Å². The lowest BCUT2D eigenvalue weighted by Gasteiger charge is -2.14. The molecule has 0 radical (unpaired) electrons. The van der Waals surface area contributed by atoms with Gasteiger partial charge < -0.3 is 4.74 Å². The fourth-order valence-corrected chi connectivity index (χ4v) is 2.48. The van der Waals surface area contributed by atoms with Crippen LogP contribution in [-0.4, -0.2) is 22.5 Å². The van der Waals surface area contributed by atoms with Crippen molar-refractivity contribution < 1.29 is 13.7 Å². The van der Waals surface area contributed by atoms with E-state index in [1.54, 1.807) is 26.0 Å². The second kappa shape index (κ2) is 6.43. The van der Waals surface area contributed by atoms with Crippen molar-refractivity contribution in [2.45, 2.75) is 19.1 Å². The predicted molar refractivity (Wildman–Crippen MR) is 64.5 cm³/mol. The molecule has 0 spiro atoms. The monoisotopic (exact) mass is 240 g/mol. The van der Waals surface area contributed by atoms with Gasteiger partial charge >= 0.3 is 5.97 Å². The molecule has 0 aliphatic carbocycles. The van der Waals surface area contributed by atoms with Crippen LogP contribution in [0.4, 0.5) is 0 Å². The van der Waals surface area contributed by atoms with Crippen LogP contribution < -0.4 is 0 Å². The average Bonchev–Trinajstić information content (AvgIpc) is 2.31. The van der Waals surface area contributed by atoms with Crippen LogP contribution in [0.1, 0.15) is 24.7 Å². The van der Waals surface area contributed by atoms with Crippen LogP contribution in [0.2, 0.25) is 0 Å². The maximum absolute atomic E-state index is 11.8. The summed E-state index contributed by atoms with van der Waals surface area (Å²) in [5.74, 6) is 0.0344. The molecule has 0 saturated carbocycles. The van der Waals surface area contributed by atoms with E-state index >= 15 is 0 Å². The number of benzene rings is 1. The van der Waals surface area contributed by atoms with Gasteiger partial charge in [0, 0.05) is 16.6 Å². The van der Waals surface area contributed by atoms with Gasteiger partial charge in [-0.3, -0.25) is 9.00 Å². The molecule has 2 atom stereocenters. The predicted octanol–water partition coefficient (Wildman–Crippen LogP) is 2.06. The molecule has 0 N–H and O–H groups in total. The van der Waals surface area contributed by atoms with E-state index in [9.17, 15) is 9.00 Å². The topological polar surface area (TPSA) is 43.4 Å². The molecule has 1 aromatic rings. The SMILES string of the molecule is CCOC(=O)C(c1ccccc1)S(=O)CC. The Morgan fingerprint density at radius 2 is 1.94 bits per heavy atom. The van der Waals surface area contributed by atoms with Gasteiger partial charge in [-0.25, -0.2) is 0 Å². The summed E-state index contributed by atoms with van der Waals surface area (Å²) in [4.78, 5) is 11.7. The summed E-state index contributed by atoms with van der Waals surface area (Å²) >= 11 is 0.